The molecule has 0 saturated carbocycles. The Hall–Kier alpha value is -1.81. The van der Waals surface area contributed by atoms with E-state index in [-0.39, 0.29) is 12.6 Å². The third kappa shape index (κ3) is 6.31. The van der Waals surface area contributed by atoms with Crippen molar-refractivity contribution >= 4 is 14.0 Å². The van der Waals surface area contributed by atoms with Crippen LogP contribution in [0.15, 0.2) is 47.7 Å². The average molecular weight is 318 g/mol. The molecule has 0 radical (unpaired) electrons. The smallest absolute Gasteiger partial charge is 0.302 e. The van der Waals surface area contributed by atoms with Crippen LogP contribution in [0.25, 0.3) is 0 Å². The Morgan fingerprint density at radius 1 is 1.23 bits per heavy atom. The molecule has 0 bridgehead atoms. The summed E-state index contributed by atoms with van der Waals surface area (Å²) in [5.74, 6) is 0.564. The maximum atomic E-state index is 11.0. The fourth-order valence-electron chi connectivity index (χ4n) is 2.10. The topological polar surface area (TPSA) is 35.5 Å². The lowest BCUT2D eigenvalue weighted by Crippen LogP contribution is -2.27. The molecule has 0 aliphatic heterocycles. The molecule has 3 nitrogen and oxygen atoms in total. The molecule has 22 heavy (non-hydrogen) atoms. The number of hydrogen-bond donors (Lipinski definition) is 0. The number of esters is 1. The monoisotopic (exact) mass is 318 g/mol. The van der Waals surface area contributed by atoms with Crippen molar-refractivity contribution in [3.8, 4) is 5.75 Å². The van der Waals surface area contributed by atoms with E-state index >= 15 is 0 Å². The average Bonchev–Trinajstić information content (AvgIpc) is 2.41. The van der Waals surface area contributed by atoms with Crippen LogP contribution in [0.3, 0.4) is 0 Å². The van der Waals surface area contributed by atoms with Gasteiger partial charge in [-0.05, 0) is 30.7 Å². The molecule has 1 aromatic rings. The van der Waals surface area contributed by atoms with Crippen molar-refractivity contribution < 1.29 is 14.3 Å². The second-order valence-corrected chi connectivity index (χ2v) is 11.4. The van der Waals surface area contributed by atoms with Crippen molar-refractivity contribution in [3.63, 3.8) is 0 Å². The van der Waals surface area contributed by atoms with E-state index in [0.29, 0.717) is 6.61 Å². The number of carbonyl (C=O) groups excluding carboxylic acids is 1. The number of rotatable bonds is 7. The van der Waals surface area contributed by atoms with Gasteiger partial charge in [0.2, 0.25) is 0 Å². The summed E-state index contributed by atoms with van der Waals surface area (Å²) >= 11 is 0. The second kappa shape index (κ2) is 7.99. The highest BCUT2D eigenvalue weighted by atomic mass is 28.3. The molecule has 0 saturated heterocycles. The molecule has 0 atom stereocenters. The van der Waals surface area contributed by atoms with E-state index in [1.807, 2.05) is 31.2 Å². The van der Waals surface area contributed by atoms with E-state index < -0.39 is 8.07 Å². The van der Waals surface area contributed by atoms with Crippen LogP contribution in [0.5, 0.6) is 5.75 Å². The highest BCUT2D eigenvalue weighted by Crippen LogP contribution is 2.22. The third-order valence-corrected chi connectivity index (χ3v) is 5.37. The maximum absolute atomic E-state index is 11.0. The van der Waals surface area contributed by atoms with Crippen molar-refractivity contribution in [1.29, 1.82) is 0 Å². The van der Waals surface area contributed by atoms with Gasteiger partial charge in [0.05, 0.1) is 8.07 Å². The Bertz CT molecular complexity index is 551. The van der Waals surface area contributed by atoms with Gasteiger partial charge >= 0.3 is 5.97 Å². The van der Waals surface area contributed by atoms with Gasteiger partial charge in [0.15, 0.2) is 0 Å². The van der Waals surface area contributed by atoms with Gasteiger partial charge in [-0.15, -0.1) is 0 Å². The predicted octanol–water partition coefficient (Wildman–Crippen LogP) is 4.30. The summed E-state index contributed by atoms with van der Waals surface area (Å²) in [4.78, 5) is 11.0. The van der Waals surface area contributed by atoms with E-state index in [0.717, 1.165) is 11.3 Å². The summed E-state index contributed by atoms with van der Waals surface area (Å²) in [6.45, 7) is 15.0. The Balaban J connectivity index is 2.73. The van der Waals surface area contributed by atoms with Crippen LogP contribution in [0.4, 0.5) is 0 Å². The lowest BCUT2D eigenvalue weighted by Gasteiger charge is -2.23. The minimum Gasteiger partial charge on any atom is -0.490 e. The number of ether oxygens (including phenoxy) is 2. The Morgan fingerprint density at radius 2 is 1.82 bits per heavy atom. The van der Waals surface area contributed by atoms with E-state index in [4.69, 9.17) is 9.47 Å². The van der Waals surface area contributed by atoms with Gasteiger partial charge < -0.3 is 9.47 Å². The van der Waals surface area contributed by atoms with Gasteiger partial charge in [-0.3, -0.25) is 4.79 Å². The maximum Gasteiger partial charge on any atom is 0.302 e. The number of carbonyl (C=O) groups is 1. The molecule has 0 heterocycles. The van der Waals surface area contributed by atoms with Crippen molar-refractivity contribution in [1.82, 2.24) is 0 Å². The van der Waals surface area contributed by atoms with Crippen molar-refractivity contribution in [2.24, 2.45) is 0 Å². The molecule has 4 heteroatoms. The van der Waals surface area contributed by atoms with Crippen LogP contribution >= 0.6 is 0 Å². The van der Waals surface area contributed by atoms with Crippen LogP contribution < -0.4 is 4.74 Å². The normalized spacial score (nSPS) is 12.0. The summed E-state index contributed by atoms with van der Waals surface area (Å²) < 4.78 is 10.8. The molecule has 1 aromatic carbocycles. The molecule has 1 rings (SSSR count). The van der Waals surface area contributed by atoms with Crippen LogP contribution in [0, 0.1) is 6.92 Å². The fourth-order valence-corrected chi connectivity index (χ4v) is 3.93. The van der Waals surface area contributed by atoms with Crippen LogP contribution in [-0.4, -0.2) is 27.3 Å². The minimum atomic E-state index is -1.58. The van der Waals surface area contributed by atoms with Gasteiger partial charge in [-0.25, -0.2) is 0 Å². The van der Waals surface area contributed by atoms with Crippen molar-refractivity contribution in [2.45, 2.75) is 33.5 Å². The first-order valence-electron chi connectivity index (χ1n) is 7.42. The molecule has 0 aliphatic rings. The Morgan fingerprint density at radius 3 is 2.32 bits per heavy atom. The molecule has 0 amide bonds. The van der Waals surface area contributed by atoms with Crippen molar-refractivity contribution in [2.75, 3.05) is 13.2 Å². The molecule has 0 N–H and O–H groups in total. The van der Waals surface area contributed by atoms with Gasteiger partial charge in [0.25, 0.3) is 0 Å². The first-order valence-corrected chi connectivity index (χ1v) is 10.9. The molecule has 0 unspecified atom stereocenters. The van der Waals surface area contributed by atoms with E-state index in [1.165, 1.54) is 17.7 Å². The lowest BCUT2D eigenvalue weighted by molar-refractivity contribution is -0.139. The summed E-state index contributed by atoms with van der Waals surface area (Å²) in [6, 6.07) is 7.98. The SMILES string of the molecule is C=C(COC(C)=O)/C(=C/COc1ccc(C)cc1)[Si](C)(C)C. The minimum absolute atomic E-state index is 0.246. The predicted molar refractivity (Wildman–Crippen MR) is 93.9 cm³/mol. The van der Waals surface area contributed by atoms with E-state index in [9.17, 15) is 4.79 Å². The van der Waals surface area contributed by atoms with E-state index in [1.54, 1.807) is 0 Å². The van der Waals surface area contributed by atoms with Crippen LogP contribution in [-0.2, 0) is 9.53 Å². The summed E-state index contributed by atoms with van der Waals surface area (Å²) in [7, 11) is -1.58. The third-order valence-electron chi connectivity index (χ3n) is 3.20. The fraction of sp³-hybridized carbons (Fsp3) is 0.389. The molecular weight excluding hydrogens is 292 g/mol. The molecule has 120 valence electrons. The number of hydrogen-bond acceptors (Lipinski definition) is 3. The number of aryl methyl sites for hydroxylation is 1. The highest BCUT2D eigenvalue weighted by Gasteiger charge is 2.22. The van der Waals surface area contributed by atoms with Crippen molar-refractivity contribution in [3.05, 3.63) is 53.3 Å². The van der Waals surface area contributed by atoms with Crippen LogP contribution in [0.2, 0.25) is 19.6 Å². The summed E-state index contributed by atoms with van der Waals surface area (Å²) in [6.07, 6.45) is 2.07. The zero-order chi connectivity index (χ0) is 16.8. The van der Waals surface area contributed by atoms with Gasteiger partial charge in [-0.2, -0.15) is 0 Å². The summed E-state index contributed by atoms with van der Waals surface area (Å²) in [5, 5.41) is 1.18. The number of benzene rings is 1. The second-order valence-electron chi connectivity index (χ2n) is 6.38. The van der Waals surface area contributed by atoms with Gasteiger partial charge in [0, 0.05) is 6.92 Å². The standard InChI is InChI=1S/C18H26O3Si/c1-14-7-9-17(10-8-14)20-12-11-18(22(4,5)6)15(2)13-21-16(3)19/h7-11H,2,12-13H2,1,3-6H3/b18-11-. The molecule has 0 aliphatic carbocycles. The lowest BCUT2D eigenvalue weighted by atomic mass is 10.2. The molecular formula is C18H26O3Si. The molecule has 0 aromatic heterocycles. The zero-order valence-electron chi connectivity index (χ0n) is 14.2. The van der Waals surface area contributed by atoms with Gasteiger partial charge in [-0.1, -0.05) is 49.1 Å². The Kier molecular flexibility index (Phi) is 6.62. The Labute approximate surface area is 134 Å². The van der Waals surface area contributed by atoms with E-state index in [2.05, 4.69) is 32.3 Å². The first kappa shape index (κ1) is 18.2. The summed E-state index contributed by atoms with van der Waals surface area (Å²) in [5.41, 5.74) is 2.07. The quantitative estimate of drug-likeness (QED) is 0.427. The molecule has 0 fully saturated rings. The van der Waals surface area contributed by atoms with Gasteiger partial charge in [0.1, 0.15) is 19.0 Å². The first-order chi connectivity index (χ1) is 10.2. The largest absolute Gasteiger partial charge is 0.490 e. The molecule has 0 spiro atoms. The highest BCUT2D eigenvalue weighted by molar-refractivity contribution is 6.84. The van der Waals surface area contributed by atoms with Crippen LogP contribution in [0.1, 0.15) is 12.5 Å². The zero-order valence-corrected chi connectivity index (χ0v) is 15.2.